The van der Waals surface area contributed by atoms with Crippen molar-refractivity contribution in [3.63, 3.8) is 0 Å². The average molecular weight is 805 g/mol. The van der Waals surface area contributed by atoms with E-state index in [-0.39, 0.29) is 48.0 Å². The zero-order chi connectivity index (χ0) is 37.6. The lowest BCUT2D eigenvalue weighted by atomic mass is 10.1. The van der Waals surface area contributed by atoms with Crippen LogP contribution in [0.25, 0.3) is 0 Å². The minimum absolute atomic E-state index is 0.0403. The molecule has 1 N–H and O–H groups in total. The van der Waals surface area contributed by atoms with Crippen LogP contribution in [0.4, 0.5) is 4.39 Å². The number of benzene rings is 5. The number of halogens is 5. The molecule has 0 saturated heterocycles. The van der Waals surface area contributed by atoms with E-state index in [0.717, 1.165) is 6.07 Å². The van der Waals surface area contributed by atoms with Crippen molar-refractivity contribution in [2.75, 3.05) is 6.61 Å². The molecule has 1 amide bonds. The maximum absolute atomic E-state index is 14.2. The zero-order valence-corrected chi connectivity index (χ0v) is 32.0. The Kier molecular flexibility index (Phi) is 13.1. The molecule has 0 aliphatic heterocycles. The van der Waals surface area contributed by atoms with Gasteiger partial charge in [0.05, 0.1) is 11.6 Å². The van der Waals surface area contributed by atoms with Crippen LogP contribution in [0.5, 0.6) is 11.5 Å². The number of nitrogens with zero attached hydrogens (tertiary/aromatic N) is 2. The predicted molar refractivity (Wildman–Crippen MR) is 204 cm³/mol. The number of aromatic hydroxyl groups is 1. The summed E-state index contributed by atoms with van der Waals surface area (Å²) < 4.78 is 49.0. The molecule has 7 nitrogen and oxygen atoms in total. The highest BCUT2D eigenvalue weighted by Gasteiger charge is 2.30. The van der Waals surface area contributed by atoms with Gasteiger partial charge >= 0.3 is 0 Å². The third-order valence-corrected chi connectivity index (χ3v) is 10.6. The molecule has 5 rings (SSSR count). The molecule has 0 saturated carbocycles. The Morgan fingerprint density at radius 3 is 1.96 bits per heavy atom. The first-order chi connectivity index (χ1) is 24.7. The van der Waals surface area contributed by atoms with E-state index in [9.17, 15) is 22.7 Å². The van der Waals surface area contributed by atoms with Crippen molar-refractivity contribution in [3.8, 4) is 11.5 Å². The van der Waals surface area contributed by atoms with Gasteiger partial charge in [-0.05, 0) is 94.9 Å². The Morgan fingerprint density at radius 1 is 0.731 bits per heavy atom. The first kappa shape index (κ1) is 39.4. The molecule has 0 aliphatic carbocycles. The summed E-state index contributed by atoms with van der Waals surface area (Å²) in [6.45, 7) is 4.66. The van der Waals surface area contributed by atoms with Crippen LogP contribution in [0, 0.1) is 11.7 Å². The number of carbonyl (C=O) groups excluding carboxylic acids is 1. The minimum Gasteiger partial charge on any atom is -0.505 e. The second-order valence-electron chi connectivity index (χ2n) is 12.6. The molecule has 0 unspecified atom stereocenters. The molecular formula is C39H35Cl4FN2O5S. The molecule has 0 aromatic heterocycles. The van der Waals surface area contributed by atoms with E-state index in [4.69, 9.17) is 51.1 Å². The van der Waals surface area contributed by atoms with Gasteiger partial charge in [0.25, 0.3) is 5.91 Å². The van der Waals surface area contributed by atoms with Crippen molar-refractivity contribution in [1.82, 2.24) is 9.21 Å². The summed E-state index contributed by atoms with van der Waals surface area (Å²) >= 11 is 24.8. The fourth-order valence-corrected chi connectivity index (χ4v) is 8.11. The summed E-state index contributed by atoms with van der Waals surface area (Å²) in [7, 11) is -4.38. The van der Waals surface area contributed by atoms with Gasteiger partial charge in [0.1, 0.15) is 16.5 Å². The maximum atomic E-state index is 14.2. The highest BCUT2D eigenvalue weighted by atomic mass is 35.5. The molecule has 13 heteroatoms. The van der Waals surface area contributed by atoms with Crippen LogP contribution >= 0.6 is 46.4 Å². The SMILES string of the molecule is CC(C)COc1cccc(CN(Cc2ccc(C(=O)N(Cc3ccc(F)cc3)Cc3cc(Cl)cc(Cl)c3)cc2)S(=O)(=O)c2cc(Cl)cc(Cl)c2O)c1. The molecule has 272 valence electrons. The standard InChI is InChI=1S/C39H35Cl4FN2O5S/c1-25(2)24-51-35-5-3-4-28(16-35)23-46(52(49,50)37-19-33(42)18-36(43)38(37)47)22-27-6-10-30(11-7-27)39(48)45(20-26-8-12-34(44)13-9-26)21-29-14-31(40)17-32(41)15-29/h3-19,25,47H,20-24H2,1-2H3. The van der Waals surface area contributed by atoms with Gasteiger partial charge in [-0.2, -0.15) is 4.31 Å². The largest absolute Gasteiger partial charge is 0.505 e. The van der Waals surface area contributed by atoms with Gasteiger partial charge < -0.3 is 14.7 Å². The van der Waals surface area contributed by atoms with Crippen molar-refractivity contribution in [2.45, 2.75) is 44.9 Å². The topological polar surface area (TPSA) is 87.2 Å². The van der Waals surface area contributed by atoms with Gasteiger partial charge in [-0.1, -0.05) is 96.6 Å². The van der Waals surface area contributed by atoms with E-state index >= 15 is 0 Å². The maximum Gasteiger partial charge on any atom is 0.254 e. The number of amides is 1. The Labute approximate surface area is 323 Å². The molecule has 52 heavy (non-hydrogen) atoms. The van der Waals surface area contributed by atoms with Crippen molar-refractivity contribution < 1.29 is 27.4 Å². The highest BCUT2D eigenvalue weighted by Crippen LogP contribution is 2.37. The van der Waals surface area contributed by atoms with Gasteiger partial charge in [0.15, 0.2) is 5.75 Å². The van der Waals surface area contributed by atoms with Gasteiger partial charge in [-0.15, -0.1) is 0 Å². The normalized spacial score (nSPS) is 11.6. The third kappa shape index (κ3) is 10.4. The Bertz CT molecular complexity index is 2130. The van der Waals surface area contributed by atoms with Crippen LogP contribution in [0.15, 0.2) is 108 Å². The lowest BCUT2D eigenvalue weighted by Crippen LogP contribution is -2.31. The molecular weight excluding hydrogens is 769 g/mol. The first-order valence-corrected chi connectivity index (χ1v) is 19.1. The number of phenolic OH excluding ortho intramolecular Hbond substituents is 1. The molecule has 5 aromatic rings. The molecule has 0 fully saturated rings. The van der Waals surface area contributed by atoms with E-state index in [2.05, 4.69) is 0 Å². The minimum atomic E-state index is -4.38. The highest BCUT2D eigenvalue weighted by molar-refractivity contribution is 7.89. The monoisotopic (exact) mass is 802 g/mol. The molecule has 5 aromatic carbocycles. The average Bonchev–Trinajstić information content (AvgIpc) is 3.09. The summed E-state index contributed by atoms with van der Waals surface area (Å²) in [5.74, 6) is -0.460. The van der Waals surface area contributed by atoms with Crippen molar-refractivity contribution in [3.05, 3.63) is 157 Å². The summed E-state index contributed by atoms with van der Waals surface area (Å²) in [4.78, 5) is 15.1. The van der Waals surface area contributed by atoms with E-state index in [1.807, 2.05) is 13.8 Å². The van der Waals surface area contributed by atoms with Gasteiger partial charge in [-0.25, -0.2) is 12.8 Å². The number of rotatable bonds is 14. The first-order valence-electron chi connectivity index (χ1n) is 16.2. The zero-order valence-electron chi connectivity index (χ0n) is 28.2. The number of sulfonamides is 1. The fraction of sp³-hybridized carbons (Fsp3) is 0.205. The Balaban J connectivity index is 1.45. The quantitative estimate of drug-likeness (QED) is 0.121. The van der Waals surface area contributed by atoms with Crippen LogP contribution in [0.1, 0.15) is 46.5 Å². The second kappa shape index (κ2) is 17.3. The van der Waals surface area contributed by atoms with Crippen LogP contribution in [0.3, 0.4) is 0 Å². The third-order valence-electron chi connectivity index (χ3n) is 7.88. The summed E-state index contributed by atoms with van der Waals surface area (Å²) in [5.41, 5.74) is 2.95. The number of hydrogen-bond acceptors (Lipinski definition) is 5. The van der Waals surface area contributed by atoms with E-state index in [0.29, 0.717) is 50.2 Å². The molecule has 0 heterocycles. The number of phenols is 1. The summed E-state index contributed by atoms with van der Waals surface area (Å²) in [6, 6.07) is 27.0. The Morgan fingerprint density at radius 2 is 1.31 bits per heavy atom. The smallest absolute Gasteiger partial charge is 0.254 e. The van der Waals surface area contributed by atoms with Crippen LogP contribution in [-0.2, 0) is 36.2 Å². The van der Waals surface area contributed by atoms with E-state index < -0.39 is 26.5 Å². The van der Waals surface area contributed by atoms with E-state index in [1.54, 1.807) is 83.8 Å². The molecule has 0 atom stereocenters. The molecule has 0 bridgehead atoms. The number of ether oxygens (including phenoxy) is 1. The van der Waals surface area contributed by atoms with Crippen LogP contribution in [0.2, 0.25) is 20.1 Å². The van der Waals surface area contributed by atoms with Crippen molar-refractivity contribution >= 4 is 62.3 Å². The molecule has 0 spiro atoms. The number of hydrogen-bond donors (Lipinski definition) is 1. The number of carbonyl (C=O) groups is 1. The summed E-state index contributed by atoms with van der Waals surface area (Å²) in [6.07, 6.45) is 0. The Hall–Kier alpha value is -3.83. The second-order valence-corrected chi connectivity index (χ2v) is 16.2. The molecule has 0 radical (unpaired) electrons. The van der Waals surface area contributed by atoms with Gasteiger partial charge in [0.2, 0.25) is 10.0 Å². The molecule has 0 aliphatic rings. The lowest BCUT2D eigenvalue weighted by Gasteiger charge is -2.25. The van der Waals surface area contributed by atoms with E-state index in [1.165, 1.54) is 22.5 Å². The predicted octanol–water partition coefficient (Wildman–Crippen LogP) is 10.4. The van der Waals surface area contributed by atoms with Gasteiger partial charge in [-0.3, -0.25) is 4.79 Å². The van der Waals surface area contributed by atoms with Crippen LogP contribution in [-0.4, -0.2) is 35.2 Å². The van der Waals surface area contributed by atoms with Crippen molar-refractivity contribution in [2.24, 2.45) is 5.92 Å². The summed E-state index contributed by atoms with van der Waals surface area (Å²) in [5, 5.41) is 11.4. The lowest BCUT2D eigenvalue weighted by molar-refractivity contribution is 0.0730. The van der Waals surface area contributed by atoms with Crippen LogP contribution < -0.4 is 4.74 Å². The fourth-order valence-electron chi connectivity index (χ4n) is 5.38. The van der Waals surface area contributed by atoms with Gasteiger partial charge in [0, 0.05) is 46.8 Å². The van der Waals surface area contributed by atoms with Crippen molar-refractivity contribution in [1.29, 1.82) is 0 Å².